The average molecular weight is 764 g/mol. The van der Waals surface area contributed by atoms with E-state index in [1.165, 1.54) is 89.2 Å². The number of allylic oxidation sites excluding steroid dienone is 1. The second-order valence-corrected chi connectivity index (χ2v) is 17.5. The number of hydrogen-bond donors (Lipinski definition) is 0. The molecule has 3 aliphatic rings. The molecule has 10 rings (SSSR count). The molecule has 0 amide bonds. The third-order valence-corrected chi connectivity index (χ3v) is 13.7. The van der Waals surface area contributed by atoms with Crippen molar-refractivity contribution in [2.24, 2.45) is 10.9 Å². The first-order chi connectivity index (χ1) is 29.0. The number of fused-ring (bicyclic) bond motifs is 7. The molecule has 1 nitrogen and oxygen atoms in total. The maximum atomic E-state index is 5.71. The molecule has 0 saturated heterocycles. The van der Waals surface area contributed by atoms with E-state index in [2.05, 4.69) is 197 Å². The summed E-state index contributed by atoms with van der Waals surface area (Å²) < 4.78 is 0. The number of benzene rings is 7. The van der Waals surface area contributed by atoms with Crippen molar-refractivity contribution in [1.29, 1.82) is 0 Å². The zero-order valence-electron chi connectivity index (χ0n) is 34.7. The molecular formula is C58H53N. The largest absolute Gasteiger partial charge is 0.280 e. The highest BCUT2D eigenvalue weighted by molar-refractivity contribution is 6.01. The van der Waals surface area contributed by atoms with Gasteiger partial charge in [-0.1, -0.05) is 191 Å². The van der Waals surface area contributed by atoms with Crippen LogP contribution in [0.5, 0.6) is 0 Å². The van der Waals surface area contributed by atoms with Crippen molar-refractivity contribution >= 4 is 11.3 Å². The van der Waals surface area contributed by atoms with Crippen LogP contribution < -0.4 is 0 Å². The van der Waals surface area contributed by atoms with Crippen molar-refractivity contribution in [1.82, 2.24) is 0 Å². The van der Waals surface area contributed by atoms with Crippen LogP contribution >= 0.6 is 0 Å². The summed E-state index contributed by atoms with van der Waals surface area (Å²) in [6, 6.07) is 63.6. The minimum Gasteiger partial charge on any atom is -0.280 e. The molecule has 0 fully saturated rings. The lowest BCUT2D eigenvalue weighted by Gasteiger charge is -2.31. The van der Waals surface area contributed by atoms with Crippen molar-refractivity contribution in [2.45, 2.75) is 76.7 Å². The van der Waals surface area contributed by atoms with E-state index in [1.54, 1.807) is 0 Å². The fourth-order valence-electron chi connectivity index (χ4n) is 10.7. The van der Waals surface area contributed by atoms with Crippen LogP contribution in [0.1, 0.15) is 103 Å². The van der Waals surface area contributed by atoms with Gasteiger partial charge in [-0.2, -0.15) is 0 Å². The molecule has 7 aromatic carbocycles. The molecule has 1 aliphatic heterocycles. The Hall–Kier alpha value is -6.05. The van der Waals surface area contributed by atoms with Crippen molar-refractivity contribution in [3.05, 3.63) is 220 Å². The Bertz CT molecular complexity index is 2700. The van der Waals surface area contributed by atoms with Crippen LogP contribution in [0.4, 0.5) is 0 Å². The number of nitrogens with zero attached hydrogens (tertiary/aromatic N) is 1. The van der Waals surface area contributed by atoms with Gasteiger partial charge in [0.25, 0.3) is 0 Å². The van der Waals surface area contributed by atoms with Gasteiger partial charge in [-0.05, 0) is 134 Å². The van der Waals surface area contributed by atoms with Crippen molar-refractivity contribution in [2.75, 3.05) is 0 Å². The molecule has 7 aromatic rings. The van der Waals surface area contributed by atoms with Gasteiger partial charge in [0.15, 0.2) is 0 Å². The van der Waals surface area contributed by atoms with Crippen LogP contribution in [0.25, 0.3) is 39.0 Å². The summed E-state index contributed by atoms with van der Waals surface area (Å²) in [6.07, 6.45) is 8.69. The van der Waals surface area contributed by atoms with E-state index in [0.29, 0.717) is 5.92 Å². The Labute approximate surface area is 351 Å². The van der Waals surface area contributed by atoms with E-state index in [1.807, 2.05) is 0 Å². The highest BCUT2D eigenvalue weighted by Crippen LogP contribution is 2.56. The summed E-state index contributed by atoms with van der Waals surface area (Å²) in [7, 11) is 0. The maximum absolute atomic E-state index is 5.71. The predicted octanol–water partition coefficient (Wildman–Crippen LogP) is 15.0. The third-order valence-electron chi connectivity index (χ3n) is 13.7. The first-order valence-electron chi connectivity index (χ1n) is 21.9. The molecular weight excluding hydrogens is 711 g/mol. The topological polar surface area (TPSA) is 12.4 Å². The van der Waals surface area contributed by atoms with Crippen molar-refractivity contribution in [3.63, 3.8) is 0 Å². The zero-order chi connectivity index (χ0) is 39.9. The van der Waals surface area contributed by atoms with Crippen LogP contribution in [0, 0.1) is 5.92 Å². The Morgan fingerprint density at radius 1 is 0.593 bits per heavy atom. The van der Waals surface area contributed by atoms with Crippen LogP contribution in [0.15, 0.2) is 181 Å². The van der Waals surface area contributed by atoms with Crippen LogP contribution in [0.3, 0.4) is 0 Å². The number of aliphatic imine (C=N–C) groups is 1. The van der Waals surface area contributed by atoms with Crippen LogP contribution in [-0.2, 0) is 18.3 Å². The number of aryl methyl sites for hydroxylation is 1. The standard InChI is InChI=1S/C58H53N/c1-4-47-48(44-23-15-22-43(37-44)40-17-7-5-8-18-40)26-16-28-54(59-57(47)42-19-9-6-10-20-42)41-32-29-39(30-33-41)31-34-46-38-45-21-11-12-24-49(45)55-50(46)35-36-53-56(55)51-25-13-14-27-52(51)58(53,2)3/h5-15,17-27,29-30,32-33,35-37,46-47,57H,4,16,28,31,34,38H2,1-3H3/b48-26-,59-54?. The SMILES string of the molecule is CCC1/C(c2cccc(-c3ccccc3)c2)=C\CCC(c2ccc(CCC3Cc4ccccc4-c4c3ccc3c4-c4ccccc4C3(C)C)cc2)=NC1c1ccccc1. The van der Waals surface area contributed by atoms with Gasteiger partial charge in [-0.3, -0.25) is 4.99 Å². The molecule has 1 heterocycles. The molecule has 1 heteroatoms. The van der Waals surface area contributed by atoms with Crippen molar-refractivity contribution < 1.29 is 0 Å². The van der Waals surface area contributed by atoms with E-state index in [0.717, 1.165) is 38.5 Å². The Kier molecular flexibility index (Phi) is 9.85. The first kappa shape index (κ1) is 37.2. The van der Waals surface area contributed by atoms with E-state index >= 15 is 0 Å². The molecule has 0 N–H and O–H groups in total. The lowest BCUT2D eigenvalue weighted by Crippen LogP contribution is -2.18. The lowest BCUT2D eigenvalue weighted by atomic mass is 9.73. The van der Waals surface area contributed by atoms with Gasteiger partial charge in [0.05, 0.1) is 6.04 Å². The van der Waals surface area contributed by atoms with Gasteiger partial charge >= 0.3 is 0 Å². The Morgan fingerprint density at radius 2 is 1.29 bits per heavy atom. The molecule has 3 atom stereocenters. The molecule has 59 heavy (non-hydrogen) atoms. The highest BCUT2D eigenvalue weighted by atomic mass is 14.8. The molecule has 0 spiro atoms. The molecule has 0 aromatic heterocycles. The number of rotatable bonds is 8. The lowest BCUT2D eigenvalue weighted by molar-refractivity contribution is 0.519. The molecule has 0 radical (unpaired) electrons. The van der Waals surface area contributed by atoms with Crippen molar-refractivity contribution in [3.8, 4) is 33.4 Å². The number of hydrogen-bond acceptors (Lipinski definition) is 1. The minimum atomic E-state index is -0.00298. The normalized spacial score (nSPS) is 19.8. The van der Waals surface area contributed by atoms with E-state index in [9.17, 15) is 0 Å². The molecule has 2 aliphatic carbocycles. The summed E-state index contributed by atoms with van der Waals surface area (Å²) in [5, 5.41) is 0. The predicted molar refractivity (Wildman–Crippen MR) is 249 cm³/mol. The van der Waals surface area contributed by atoms with Gasteiger partial charge in [-0.15, -0.1) is 0 Å². The van der Waals surface area contributed by atoms with Gasteiger partial charge in [0.1, 0.15) is 0 Å². The average Bonchev–Trinajstić information content (AvgIpc) is 3.52. The summed E-state index contributed by atoms with van der Waals surface area (Å²) in [6.45, 7) is 7.12. The second-order valence-electron chi connectivity index (χ2n) is 17.5. The summed E-state index contributed by atoms with van der Waals surface area (Å²) in [5.74, 6) is 0.741. The first-order valence-corrected chi connectivity index (χ1v) is 21.9. The van der Waals surface area contributed by atoms with Gasteiger partial charge in [-0.25, -0.2) is 0 Å². The fourth-order valence-corrected chi connectivity index (χ4v) is 10.7. The van der Waals surface area contributed by atoms with Gasteiger partial charge < -0.3 is 0 Å². The van der Waals surface area contributed by atoms with Gasteiger partial charge in [0.2, 0.25) is 0 Å². The summed E-state index contributed by atoms with van der Waals surface area (Å²) in [4.78, 5) is 5.71. The molecule has 0 bridgehead atoms. The van der Waals surface area contributed by atoms with Crippen LogP contribution in [0.2, 0.25) is 0 Å². The zero-order valence-corrected chi connectivity index (χ0v) is 34.7. The molecule has 290 valence electrons. The highest BCUT2D eigenvalue weighted by Gasteiger charge is 2.39. The van der Waals surface area contributed by atoms with E-state index < -0.39 is 0 Å². The van der Waals surface area contributed by atoms with E-state index in [4.69, 9.17) is 4.99 Å². The molecule has 0 saturated carbocycles. The Morgan fingerprint density at radius 3 is 2.08 bits per heavy atom. The smallest absolute Gasteiger partial charge is 0.0820 e. The van der Waals surface area contributed by atoms with Crippen LogP contribution in [-0.4, -0.2) is 5.71 Å². The second kappa shape index (κ2) is 15.6. The monoisotopic (exact) mass is 763 g/mol. The third kappa shape index (κ3) is 6.81. The fraction of sp³-hybridized carbons (Fsp3) is 0.224. The minimum absolute atomic E-state index is 0.00298. The molecule has 3 unspecified atom stereocenters. The van der Waals surface area contributed by atoms with Gasteiger partial charge in [0, 0.05) is 17.0 Å². The quantitative estimate of drug-likeness (QED) is 0.146. The summed E-state index contributed by atoms with van der Waals surface area (Å²) >= 11 is 0. The summed E-state index contributed by atoms with van der Waals surface area (Å²) in [5.41, 5.74) is 22.1. The maximum Gasteiger partial charge on any atom is 0.0820 e. The van der Waals surface area contributed by atoms with E-state index in [-0.39, 0.29) is 17.4 Å². The Balaban J connectivity index is 0.930.